The van der Waals surface area contributed by atoms with Crippen molar-refractivity contribution in [2.45, 2.75) is 6.42 Å². The topological polar surface area (TPSA) is 52.8 Å². The van der Waals surface area contributed by atoms with Crippen LogP contribution in [0.3, 0.4) is 0 Å². The van der Waals surface area contributed by atoms with E-state index in [1.54, 1.807) is 6.20 Å². The van der Waals surface area contributed by atoms with E-state index in [0.717, 1.165) is 25.3 Å². The summed E-state index contributed by atoms with van der Waals surface area (Å²) in [6, 6.07) is 1.95. The minimum absolute atomic E-state index is 0.362. The number of hydrogen-bond acceptors (Lipinski definition) is 4. The van der Waals surface area contributed by atoms with Crippen LogP contribution < -0.4 is 4.90 Å². The molecule has 0 N–H and O–H groups in total. The molecule has 4 heteroatoms. The first-order valence-electron chi connectivity index (χ1n) is 4.52. The van der Waals surface area contributed by atoms with Crippen molar-refractivity contribution in [3.63, 3.8) is 0 Å². The maximum atomic E-state index is 8.56. The molecule has 2 rings (SSSR count). The normalized spacial score (nSPS) is 15.2. The van der Waals surface area contributed by atoms with Crippen molar-refractivity contribution in [2.24, 2.45) is 0 Å². The van der Waals surface area contributed by atoms with Gasteiger partial charge in [-0.25, -0.2) is 9.97 Å². The van der Waals surface area contributed by atoms with Gasteiger partial charge in [-0.15, -0.1) is 0 Å². The van der Waals surface area contributed by atoms with Crippen LogP contribution in [0.25, 0.3) is 0 Å². The Hall–Kier alpha value is -1.89. The van der Waals surface area contributed by atoms with Crippen molar-refractivity contribution in [1.29, 1.82) is 5.26 Å². The molecule has 0 atom stereocenters. The van der Waals surface area contributed by atoms with Crippen molar-refractivity contribution in [3.05, 3.63) is 30.2 Å². The minimum atomic E-state index is 0.362. The Morgan fingerprint density at radius 3 is 2.79 bits per heavy atom. The van der Waals surface area contributed by atoms with Crippen LogP contribution >= 0.6 is 0 Å². The van der Waals surface area contributed by atoms with Gasteiger partial charge in [-0.05, 0) is 6.42 Å². The summed E-state index contributed by atoms with van der Waals surface area (Å²) >= 11 is 0. The van der Waals surface area contributed by atoms with Crippen LogP contribution in [-0.2, 0) is 0 Å². The lowest BCUT2D eigenvalue weighted by atomic mass is 10.2. The fourth-order valence-corrected chi connectivity index (χ4v) is 1.39. The molecule has 0 radical (unpaired) electrons. The predicted molar refractivity (Wildman–Crippen MR) is 52.7 cm³/mol. The van der Waals surface area contributed by atoms with Gasteiger partial charge in [0.2, 0.25) is 0 Å². The van der Waals surface area contributed by atoms with Crippen LogP contribution in [0.5, 0.6) is 0 Å². The Bertz CT molecular complexity index is 374. The first-order valence-corrected chi connectivity index (χ1v) is 4.52. The van der Waals surface area contributed by atoms with Gasteiger partial charge in [-0.3, -0.25) is 0 Å². The zero-order chi connectivity index (χ0) is 9.80. The molecule has 1 aliphatic heterocycles. The standard InChI is InChI=1S/C10H10N4/c11-6-9-7-13-10(8-12-9)14-4-2-1-3-5-14/h1-2,7-8H,3-5H2. The molecule has 1 aromatic rings. The number of nitrogens with zero attached hydrogens (tertiary/aromatic N) is 4. The molecule has 0 saturated heterocycles. The van der Waals surface area contributed by atoms with E-state index in [4.69, 9.17) is 5.26 Å². The van der Waals surface area contributed by atoms with E-state index in [0.29, 0.717) is 5.69 Å². The Balaban J connectivity index is 2.17. The van der Waals surface area contributed by atoms with Gasteiger partial charge in [0.05, 0.1) is 12.4 Å². The maximum absolute atomic E-state index is 8.56. The molecule has 0 aromatic carbocycles. The quantitative estimate of drug-likeness (QED) is 0.616. The van der Waals surface area contributed by atoms with Crippen molar-refractivity contribution in [2.75, 3.05) is 18.0 Å². The second-order valence-electron chi connectivity index (χ2n) is 3.08. The lowest BCUT2D eigenvalue weighted by Crippen LogP contribution is -2.27. The van der Waals surface area contributed by atoms with Gasteiger partial charge in [0.1, 0.15) is 11.9 Å². The van der Waals surface area contributed by atoms with E-state index in [9.17, 15) is 0 Å². The zero-order valence-corrected chi connectivity index (χ0v) is 7.72. The van der Waals surface area contributed by atoms with Crippen LogP contribution in [0.1, 0.15) is 12.1 Å². The summed E-state index contributed by atoms with van der Waals surface area (Å²) in [5.74, 6) is 0.841. The third kappa shape index (κ3) is 1.72. The summed E-state index contributed by atoms with van der Waals surface area (Å²) in [5.41, 5.74) is 0.362. The van der Waals surface area contributed by atoms with Crippen molar-refractivity contribution in [1.82, 2.24) is 9.97 Å². The summed E-state index contributed by atoms with van der Waals surface area (Å²) < 4.78 is 0. The van der Waals surface area contributed by atoms with Gasteiger partial charge in [-0.2, -0.15) is 5.26 Å². The molecular formula is C10H10N4. The number of rotatable bonds is 1. The van der Waals surface area contributed by atoms with Crippen LogP contribution in [0.15, 0.2) is 24.5 Å². The van der Waals surface area contributed by atoms with E-state index < -0.39 is 0 Å². The van der Waals surface area contributed by atoms with E-state index in [2.05, 4.69) is 27.0 Å². The lowest BCUT2D eigenvalue weighted by molar-refractivity contribution is 0.801. The average Bonchev–Trinajstić information content (AvgIpc) is 2.30. The molecule has 1 aliphatic rings. The molecule has 0 aliphatic carbocycles. The summed E-state index contributed by atoms with van der Waals surface area (Å²) in [6.45, 7) is 1.84. The molecule has 4 nitrogen and oxygen atoms in total. The highest BCUT2D eigenvalue weighted by molar-refractivity contribution is 5.39. The number of nitriles is 1. The number of aromatic nitrogens is 2. The monoisotopic (exact) mass is 186 g/mol. The molecule has 0 spiro atoms. The average molecular weight is 186 g/mol. The summed E-state index contributed by atoms with van der Waals surface area (Å²) in [6.07, 6.45) is 8.48. The summed E-state index contributed by atoms with van der Waals surface area (Å²) in [4.78, 5) is 10.3. The van der Waals surface area contributed by atoms with Crippen LogP contribution in [0.4, 0.5) is 5.82 Å². The van der Waals surface area contributed by atoms with Crippen molar-refractivity contribution in [3.8, 4) is 6.07 Å². The van der Waals surface area contributed by atoms with Crippen molar-refractivity contribution < 1.29 is 0 Å². The molecule has 0 amide bonds. The largest absolute Gasteiger partial charge is 0.351 e. The van der Waals surface area contributed by atoms with Crippen LogP contribution in [0.2, 0.25) is 0 Å². The Kier molecular flexibility index (Phi) is 2.41. The highest BCUT2D eigenvalue weighted by Crippen LogP contribution is 2.12. The second kappa shape index (κ2) is 3.88. The van der Waals surface area contributed by atoms with Gasteiger partial charge < -0.3 is 4.90 Å². The molecule has 14 heavy (non-hydrogen) atoms. The fourth-order valence-electron chi connectivity index (χ4n) is 1.39. The maximum Gasteiger partial charge on any atom is 0.158 e. The van der Waals surface area contributed by atoms with Gasteiger partial charge in [0.15, 0.2) is 5.69 Å². The fraction of sp³-hybridized carbons (Fsp3) is 0.300. The third-order valence-electron chi connectivity index (χ3n) is 2.13. The molecule has 2 heterocycles. The molecule has 0 fully saturated rings. The van der Waals surface area contributed by atoms with Crippen LogP contribution in [-0.4, -0.2) is 23.1 Å². The Morgan fingerprint density at radius 1 is 1.29 bits per heavy atom. The highest BCUT2D eigenvalue weighted by Gasteiger charge is 2.08. The zero-order valence-electron chi connectivity index (χ0n) is 7.72. The van der Waals surface area contributed by atoms with E-state index in [1.165, 1.54) is 6.20 Å². The third-order valence-corrected chi connectivity index (χ3v) is 2.13. The van der Waals surface area contributed by atoms with Gasteiger partial charge in [-0.1, -0.05) is 12.2 Å². The highest BCUT2D eigenvalue weighted by atomic mass is 15.2. The molecule has 0 unspecified atom stereocenters. The summed E-state index contributed by atoms with van der Waals surface area (Å²) in [5, 5.41) is 8.56. The molecule has 1 aromatic heterocycles. The SMILES string of the molecule is N#Cc1cnc(N2CC=CCC2)cn1. The van der Waals surface area contributed by atoms with Gasteiger partial charge in [0, 0.05) is 13.1 Å². The Labute approximate surface area is 82.5 Å². The lowest BCUT2D eigenvalue weighted by Gasteiger charge is -2.23. The van der Waals surface area contributed by atoms with E-state index in [-0.39, 0.29) is 0 Å². The Morgan fingerprint density at radius 2 is 2.21 bits per heavy atom. The minimum Gasteiger partial charge on any atom is -0.351 e. The second-order valence-corrected chi connectivity index (χ2v) is 3.08. The number of anilines is 1. The van der Waals surface area contributed by atoms with Gasteiger partial charge in [0.25, 0.3) is 0 Å². The van der Waals surface area contributed by atoms with E-state index >= 15 is 0 Å². The summed E-state index contributed by atoms with van der Waals surface area (Å²) in [7, 11) is 0. The van der Waals surface area contributed by atoms with Crippen molar-refractivity contribution >= 4 is 5.82 Å². The number of hydrogen-bond donors (Lipinski definition) is 0. The smallest absolute Gasteiger partial charge is 0.158 e. The molecule has 70 valence electrons. The van der Waals surface area contributed by atoms with E-state index in [1.807, 2.05) is 6.07 Å². The first-order chi connectivity index (χ1) is 6.90. The first kappa shape index (κ1) is 8.70. The molecule has 0 saturated carbocycles. The van der Waals surface area contributed by atoms with Gasteiger partial charge >= 0.3 is 0 Å². The predicted octanol–water partition coefficient (Wildman–Crippen LogP) is 1.11. The molecule has 0 bridgehead atoms. The molecular weight excluding hydrogens is 176 g/mol. The van der Waals surface area contributed by atoms with Crippen LogP contribution in [0, 0.1) is 11.3 Å².